The van der Waals surface area contributed by atoms with Crippen LogP contribution in [0.2, 0.25) is 0 Å². The van der Waals surface area contributed by atoms with Crippen molar-refractivity contribution in [1.29, 1.82) is 0 Å². The van der Waals surface area contributed by atoms with Crippen molar-refractivity contribution < 1.29 is 4.79 Å². The van der Waals surface area contributed by atoms with E-state index >= 15 is 0 Å². The standard InChI is InChI=1S/C15H22N6O/c1-11-14(12(2)19(3)18-11)7-15(22)20-6-4-5-13(8-20)21-10-16-9-17-21/h9-10,13H,4-8H2,1-3H3/t13-/m0/s1. The highest BCUT2D eigenvalue weighted by atomic mass is 16.2. The van der Waals surface area contributed by atoms with Crippen LogP contribution in [0.1, 0.15) is 35.8 Å². The quantitative estimate of drug-likeness (QED) is 0.849. The van der Waals surface area contributed by atoms with E-state index in [-0.39, 0.29) is 11.9 Å². The average Bonchev–Trinajstić information content (AvgIpc) is 3.12. The van der Waals surface area contributed by atoms with Gasteiger partial charge in [-0.05, 0) is 26.7 Å². The van der Waals surface area contributed by atoms with Crippen molar-refractivity contribution in [3.05, 3.63) is 29.6 Å². The normalized spacial score (nSPS) is 18.7. The first-order chi connectivity index (χ1) is 10.6. The first kappa shape index (κ1) is 14.7. The Bertz CT molecular complexity index is 660. The van der Waals surface area contributed by atoms with Gasteiger partial charge in [0.15, 0.2) is 0 Å². The van der Waals surface area contributed by atoms with Gasteiger partial charge < -0.3 is 4.90 Å². The molecule has 1 atom stereocenters. The Hall–Kier alpha value is -2.18. The zero-order valence-electron chi connectivity index (χ0n) is 13.4. The van der Waals surface area contributed by atoms with Crippen molar-refractivity contribution in [2.75, 3.05) is 13.1 Å². The number of carbonyl (C=O) groups excluding carboxylic acids is 1. The summed E-state index contributed by atoms with van der Waals surface area (Å²) in [5.41, 5.74) is 3.06. The molecule has 2 aromatic heterocycles. The first-order valence-corrected chi connectivity index (χ1v) is 7.67. The minimum absolute atomic E-state index is 0.170. The summed E-state index contributed by atoms with van der Waals surface area (Å²) in [5, 5.41) is 8.59. The zero-order chi connectivity index (χ0) is 15.7. The van der Waals surface area contributed by atoms with Gasteiger partial charge in [0.25, 0.3) is 0 Å². The number of amides is 1. The molecule has 1 aliphatic rings. The Morgan fingerprint density at radius 1 is 1.41 bits per heavy atom. The van der Waals surface area contributed by atoms with Crippen LogP contribution in [0.3, 0.4) is 0 Å². The van der Waals surface area contributed by atoms with Crippen LogP contribution in [0.15, 0.2) is 12.7 Å². The highest BCUT2D eigenvalue weighted by Gasteiger charge is 2.26. The van der Waals surface area contributed by atoms with E-state index in [9.17, 15) is 4.79 Å². The monoisotopic (exact) mass is 302 g/mol. The number of hydrogen-bond donors (Lipinski definition) is 0. The third-order valence-electron chi connectivity index (χ3n) is 4.55. The van der Waals surface area contributed by atoms with Gasteiger partial charge in [-0.2, -0.15) is 10.2 Å². The van der Waals surface area contributed by atoms with Crippen LogP contribution in [0.25, 0.3) is 0 Å². The minimum Gasteiger partial charge on any atom is -0.340 e. The molecule has 3 heterocycles. The maximum absolute atomic E-state index is 12.6. The third kappa shape index (κ3) is 2.75. The van der Waals surface area contributed by atoms with Crippen LogP contribution < -0.4 is 0 Å². The smallest absolute Gasteiger partial charge is 0.227 e. The molecule has 1 amide bonds. The molecule has 0 spiro atoms. The second-order valence-corrected chi connectivity index (χ2v) is 5.96. The molecule has 0 unspecified atom stereocenters. The summed E-state index contributed by atoms with van der Waals surface area (Å²) in [6.45, 7) is 5.50. The SMILES string of the molecule is Cc1nn(C)c(C)c1CC(=O)N1CCC[C@H](n2cncn2)C1. The van der Waals surface area contributed by atoms with Crippen molar-refractivity contribution in [1.82, 2.24) is 29.4 Å². The predicted octanol–water partition coefficient (Wildman–Crippen LogP) is 1.03. The van der Waals surface area contributed by atoms with Crippen LogP contribution in [0.4, 0.5) is 0 Å². The summed E-state index contributed by atoms with van der Waals surface area (Å²) in [6.07, 6.45) is 5.74. The molecule has 1 saturated heterocycles. The van der Waals surface area contributed by atoms with E-state index in [1.807, 2.05) is 35.2 Å². The van der Waals surface area contributed by atoms with Crippen molar-refractivity contribution >= 4 is 5.91 Å². The van der Waals surface area contributed by atoms with Gasteiger partial charge in [-0.15, -0.1) is 0 Å². The lowest BCUT2D eigenvalue weighted by atomic mass is 10.0. The largest absolute Gasteiger partial charge is 0.340 e. The van der Waals surface area contributed by atoms with Gasteiger partial charge >= 0.3 is 0 Å². The number of piperidine rings is 1. The molecule has 0 N–H and O–H groups in total. The number of carbonyl (C=O) groups is 1. The van der Waals surface area contributed by atoms with Gasteiger partial charge in [0, 0.05) is 31.4 Å². The molecule has 1 fully saturated rings. The molecule has 22 heavy (non-hydrogen) atoms. The Morgan fingerprint density at radius 2 is 2.23 bits per heavy atom. The molecule has 0 bridgehead atoms. The number of likely N-dealkylation sites (tertiary alicyclic amines) is 1. The maximum Gasteiger partial charge on any atom is 0.227 e. The number of aromatic nitrogens is 5. The first-order valence-electron chi connectivity index (χ1n) is 7.67. The van der Waals surface area contributed by atoms with Crippen molar-refractivity contribution in [3.8, 4) is 0 Å². The van der Waals surface area contributed by atoms with E-state index in [4.69, 9.17) is 0 Å². The molecule has 2 aromatic rings. The van der Waals surface area contributed by atoms with Gasteiger partial charge in [-0.25, -0.2) is 9.67 Å². The van der Waals surface area contributed by atoms with Crippen LogP contribution >= 0.6 is 0 Å². The summed E-state index contributed by atoms with van der Waals surface area (Å²) < 4.78 is 3.70. The van der Waals surface area contributed by atoms with Gasteiger partial charge in [0.2, 0.25) is 5.91 Å². The highest BCUT2D eigenvalue weighted by molar-refractivity contribution is 5.79. The van der Waals surface area contributed by atoms with E-state index in [1.165, 1.54) is 0 Å². The number of aryl methyl sites for hydroxylation is 2. The summed E-state index contributed by atoms with van der Waals surface area (Å²) in [5.74, 6) is 0.170. The van der Waals surface area contributed by atoms with Crippen molar-refractivity contribution in [2.45, 2.75) is 39.2 Å². The molecule has 0 aliphatic carbocycles. The topological polar surface area (TPSA) is 68.8 Å². The fourth-order valence-electron chi connectivity index (χ4n) is 3.14. The lowest BCUT2D eigenvalue weighted by Gasteiger charge is -2.32. The van der Waals surface area contributed by atoms with Crippen LogP contribution in [-0.2, 0) is 18.3 Å². The van der Waals surface area contributed by atoms with Gasteiger partial charge in [0.1, 0.15) is 12.7 Å². The Labute approximate surface area is 129 Å². The molecule has 118 valence electrons. The van der Waals surface area contributed by atoms with Crippen LogP contribution in [0, 0.1) is 13.8 Å². The number of hydrogen-bond acceptors (Lipinski definition) is 4. The summed E-state index contributed by atoms with van der Waals surface area (Å²) in [7, 11) is 1.91. The molecule has 3 rings (SSSR count). The van der Waals surface area contributed by atoms with Gasteiger partial charge in [0.05, 0.1) is 18.2 Å². The Balaban J connectivity index is 1.69. The summed E-state index contributed by atoms with van der Waals surface area (Å²) >= 11 is 0. The Morgan fingerprint density at radius 3 is 2.86 bits per heavy atom. The molecule has 7 heteroatoms. The van der Waals surface area contributed by atoms with E-state index < -0.39 is 0 Å². The molecule has 1 aliphatic heterocycles. The lowest BCUT2D eigenvalue weighted by molar-refractivity contribution is -0.132. The fraction of sp³-hybridized carbons (Fsp3) is 0.600. The second-order valence-electron chi connectivity index (χ2n) is 5.96. The van der Waals surface area contributed by atoms with E-state index in [2.05, 4.69) is 15.2 Å². The van der Waals surface area contributed by atoms with Crippen molar-refractivity contribution in [3.63, 3.8) is 0 Å². The summed E-state index contributed by atoms with van der Waals surface area (Å²) in [4.78, 5) is 18.6. The second kappa shape index (κ2) is 5.90. The molecule has 7 nitrogen and oxygen atoms in total. The van der Waals surface area contributed by atoms with Crippen LogP contribution in [-0.4, -0.2) is 48.4 Å². The lowest BCUT2D eigenvalue weighted by Crippen LogP contribution is -2.41. The molecular formula is C15H22N6O. The van der Waals surface area contributed by atoms with E-state index in [0.29, 0.717) is 13.0 Å². The molecule has 0 radical (unpaired) electrons. The predicted molar refractivity (Wildman–Crippen MR) is 81.3 cm³/mol. The highest BCUT2D eigenvalue weighted by Crippen LogP contribution is 2.22. The van der Waals surface area contributed by atoms with Gasteiger partial charge in [-0.3, -0.25) is 9.48 Å². The zero-order valence-corrected chi connectivity index (χ0v) is 13.4. The fourth-order valence-corrected chi connectivity index (χ4v) is 3.14. The number of nitrogens with zero attached hydrogens (tertiary/aromatic N) is 6. The van der Waals surface area contributed by atoms with E-state index in [0.717, 1.165) is 36.3 Å². The Kier molecular flexibility index (Phi) is 3.96. The van der Waals surface area contributed by atoms with Crippen LogP contribution in [0.5, 0.6) is 0 Å². The third-order valence-corrected chi connectivity index (χ3v) is 4.55. The minimum atomic E-state index is 0.170. The molecule has 0 saturated carbocycles. The number of rotatable bonds is 3. The van der Waals surface area contributed by atoms with E-state index in [1.54, 1.807) is 12.7 Å². The molecule has 0 aromatic carbocycles. The maximum atomic E-state index is 12.6. The van der Waals surface area contributed by atoms with Gasteiger partial charge in [-0.1, -0.05) is 0 Å². The average molecular weight is 302 g/mol. The summed E-state index contributed by atoms with van der Waals surface area (Å²) in [6, 6.07) is 0.233. The molecular weight excluding hydrogens is 280 g/mol. The van der Waals surface area contributed by atoms with Crippen molar-refractivity contribution in [2.24, 2.45) is 7.05 Å².